The van der Waals surface area contributed by atoms with Crippen LogP contribution in [-0.4, -0.2) is 53.8 Å². The van der Waals surface area contributed by atoms with Crippen LogP contribution in [0.15, 0.2) is 29.4 Å². The minimum Gasteiger partial charge on any atom is -0.381 e. The highest BCUT2D eigenvalue weighted by Crippen LogP contribution is 2.50. The fourth-order valence-corrected chi connectivity index (χ4v) is 5.77. The highest BCUT2D eigenvalue weighted by atomic mass is 32.2. The molecule has 0 saturated carbocycles. The zero-order valence-corrected chi connectivity index (χ0v) is 15.6. The van der Waals surface area contributed by atoms with Crippen molar-refractivity contribution in [2.45, 2.75) is 23.7 Å². The van der Waals surface area contributed by atoms with Crippen LogP contribution in [0.1, 0.15) is 24.6 Å². The maximum absolute atomic E-state index is 13.6. The van der Waals surface area contributed by atoms with Crippen LogP contribution in [-0.2, 0) is 21.8 Å². The molecule has 7 nitrogen and oxygen atoms in total. The highest BCUT2D eigenvalue weighted by Gasteiger charge is 2.52. The number of aromatic nitrogens is 3. The zero-order chi connectivity index (χ0) is 19.2. The van der Waals surface area contributed by atoms with Gasteiger partial charge in [0, 0.05) is 45.3 Å². The Kier molecular flexibility index (Phi) is 4.52. The van der Waals surface area contributed by atoms with Crippen molar-refractivity contribution in [3.8, 4) is 0 Å². The SMILES string of the molecule is Cn1cnnc1C1CN(S(=O)(=O)c2cc(F)cc(F)c2)CC12CCOCC2. The van der Waals surface area contributed by atoms with Gasteiger partial charge in [-0.1, -0.05) is 0 Å². The third-order valence-corrected chi connectivity index (χ3v) is 7.43. The van der Waals surface area contributed by atoms with Gasteiger partial charge in [-0.15, -0.1) is 10.2 Å². The van der Waals surface area contributed by atoms with Gasteiger partial charge in [-0.2, -0.15) is 4.31 Å². The smallest absolute Gasteiger partial charge is 0.243 e. The van der Waals surface area contributed by atoms with Gasteiger partial charge in [-0.3, -0.25) is 0 Å². The first-order valence-electron chi connectivity index (χ1n) is 8.70. The van der Waals surface area contributed by atoms with E-state index in [2.05, 4.69) is 10.2 Å². The van der Waals surface area contributed by atoms with Crippen molar-refractivity contribution in [3.63, 3.8) is 0 Å². The summed E-state index contributed by atoms with van der Waals surface area (Å²) >= 11 is 0. The molecule has 2 aliphatic rings. The lowest BCUT2D eigenvalue weighted by Crippen LogP contribution is -2.37. The summed E-state index contributed by atoms with van der Waals surface area (Å²) in [5.41, 5.74) is -0.335. The number of benzene rings is 1. The van der Waals surface area contributed by atoms with Crippen LogP contribution in [0.2, 0.25) is 0 Å². The lowest BCUT2D eigenvalue weighted by Gasteiger charge is -2.37. The molecule has 1 aromatic carbocycles. The molecule has 1 atom stereocenters. The largest absolute Gasteiger partial charge is 0.381 e. The van der Waals surface area contributed by atoms with Crippen molar-refractivity contribution >= 4 is 10.0 Å². The lowest BCUT2D eigenvalue weighted by atomic mass is 9.72. The second-order valence-corrected chi connectivity index (χ2v) is 9.17. The van der Waals surface area contributed by atoms with E-state index in [4.69, 9.17) is 4.74 Å². The summed E-state index contributed by atoms with van der Waals surface area (Å²) in [6.07, 6.45) is 2.96. The molecule has 2 fully saturated rings. The van der Waals surface area contributed by atoms with E-state index in [1.54, 1.807) is 10.9 Å². The second kappa shape index (κ2) is 6.61. The Morgan fingerprint density at radius 2 is 1.85 bits per heavy atom. The van der Waals surface area contributed by atoms with E-state index in [1.807, 2.05) is 7.05 Å². The Hall–Kier alpha value is -1.91. The number of rotatable bonds is 3. The summed E-state index contributed by atoms with van der Waals surface area (Å²) in [5, 5.41) is 8.12. The molecule has 4 rings (SSSR count). The van der Waals surface area contributed by atoms with Gasteiger partial charge in [0.25, 0.3) is 0 Å². The molecule has 1 unspecified atom stereocenters. The quantitative estimate of drug-likeness (QED) is 0.786. The number of nitrogens with zero attached hydrogens (tertiary/aromatic N) is 4. The zero-order valence-electron chi connectivity index (χ0n) is 14.8. The van der Waals surface area contributed by atoms with Crippen molar-refractivity contribution in [2.75, 3.05) is 26.3 Å². The van der Waals surface area contributed by atoms with Gasteiger partial charge in [-0.05, 0) is 30.4 Å². The van der Waals surface area contributed by atoms with Gasteiger partial charge in [0.05, 0.1) is 4.90 Å². The van der Waals surface area contributed by atoms with Crippen molar-refractivity contribution in [1.29, 1.82) is 0 Å². The first kappa shape index (κ1) is 18.5. The summed E-state index contributed by atoms with van der Waals surface area (Å²) in [7, 11) is -2.22. The normalized spacial score (nSPS) is 23.1. The molecule has 1 spiro atoms. The molecule has 27 heavy (non-hydrogen) atoms. The van der Waals surface area contributed by atoms with Gasteiger partial charge in [0.2, 0.25) is 10.0 Å². The van der Waals surface area contributed by atoms with Gasteiger partial charge < -0.3 is 9.30 Å². The van der Waals surface area contributed by atoms with Crippen LogP contribution in [0.5, 0.6) is 0 Å². The molecule has 0 N–H and O–H groups in total. The van der Waals surface area contributed by atoms with E-state index in [0.717, 1.165) is 12.1 Å². The Bertz CT molecular complexity index is 937. The number of ether oxygens (including phenoxy) is 1. The van der Waals surface area contributed by atoms with Crippen molar-refractivity contribution in [1.82, 2.24) is 19.1 Å². The van der Waals surface area contributed by atoms with Crippen LogP contribution in [0.3, 0.4) is 0 Å². The molecule has 2 saturated heterocycles. The van der Waals surface area contributed by atoms with E-state index in [0.29, 0.717) is 37.9 Å². The Morgan fingerprint density at radius 1 is 1.19 bits per heavy atom. The molecular formula is C17H20F2N4O3S. The van der Waals surface area contributed by atoms with Crippen LogP contribution in [0.4, 0.5) is 8.78 Å². The fourth-order valence-electron chi connectivity index (χ4n) is 4.18. The van der Waals surface area contributed by atoms with E-state index in [-0.39, 0.29) is 29.3 Å². The third kappa shape index (κ3) is 3.15. The predicted octanol–water partition coefficient (Wildman–Crippen LogP) is 1.68. The maximum atomic E-state index is 13.6. The van der Waals surface area contributed by atoms with Gasteiger partial charge in [0.15, 0.2) is 0 Å². The summed E-state index contributed by atoms with van der Waals surface area (Å²) in [5.74, 6) is -1.29. The molecule has 2 aliphatic heterocycles. The van der Waals surface area contributed by atoms with Crippen molar-refractivity contribution in [3.05, 3.63) is 42.0 Å². The van der Waals surface area contributed by atoms with Crippen molar-refractivity contribution < 1.29 is 21.9 Å². The predicted molar refractivity (Wildman–Crippen MR) is 91.3 cm³/mol. The number of hydrogen-bond donors (Lipinski definition) is 0. The van der Waals surface area contributed by atoms with E-state index in [9.17, 15) is 17.2 Å². The maximum Gasteiger partial charge on any atom is 0.243 e. The first-order valence-corrected chi connectivity index (χ1v) is 10.1. The number of aryl methyl sites for hydroxylation is 1. The molecule has 1 aromatic heterocycles. The number of hydrogen-bond acceptors (Lipinski definition) is 5. The van der Waals surface area contributed by atoms with Crippen LogP contribution >= 0.6 is 0 Å². The number of halogens is 2. The van der Waals surface area contributed by atoms with Gasteiger partial charge in [0.1, 0.15) is 23.8 Å². The molecule has 2 aromatic rings. The van der Waals surface area contributed by atoms with Crippen LogP contribution in [0, 0.1) is 17.0 Å². The molecule has 0 bridgehead atoms. The summed E-state index contributed by atoms with van der Waals surface area (Å²) in [6, 6.07) is 2.36. The summed E-state index contributed by atoms with van der Waals surface area (Å²) in [6.45, 7) is 1.52. The fraction of sp³-hybridized carbons (Fsp3) is 0.529. The van der Waals surface area contributed by atoms with Gasteiger partial charge in [-0.25, -0.2) is 17.2 Å². The molecule has 0 radical (unpaired) electrons. The minimum absolute atomic E-state index is 0.165. The molecular weight excluding hydrogens is 378 g/mol. The van der Waals surface area contributed by atoms with E-state index in [1.165, 1.54) is 4.31 Å². The van der Waals surface area contributed by atoms with Crippen molar-refractivity contribution in [2.24, 2.45) is 12.5 Å². The topological polar surface area (TPSA) is 77.3 Å². The van der Waals surface area contributed by atoms with Gasteiger partial charge >= 0.3 is 0 Å². The Morgan fingerprint density at radius 3 is 2.44 bits per heavy atom. The molecule has 3 heterocycles. The molecule has 0 amide bonds. The minimum atomic E-state index is -4.04. The Labute approximate surface area is 156 Å². The lowest BCUT2D eigenvalue weighted by molar-refractivity contribution is 0.0131. The molecule has 0 aliphatic carbocycles. The highest BCUT2D eigenvalue weighted by molar-refractivity contribution is 7.89. The second-order valence-electron chi connectivity index (χ2n) is 7.23. The average Bonchev–Trinajstić information content (AvgIpc) is 3.19. The standard InChI is InChI=1S/C17H20F2N4O3S/c1-22-11-20-21-16(22)15-9-23(10-17(15)2-4-26-5-3-17)27(24,25)14-7-12(18)6-13(19)8-14/h6-8,11,15H,2-5,9-10H2,1H3. The van der Waals surface area contributed by atoms with Crippen LogP contribution in [0.25, 0.3) is 0 Å². The first-order chi connectivity index (χ1) is 12.8. The summed E-state index contributed by atoms with van der Waals surface area (Å²) in [4.78, 5) is -0.374. The number of sulfonamides is 1. The van der Waals surface area contributed by atoms with Crippen LogP contribution < -0.4 is 0 Å². The average molecular weight is 398 g/mol. The van der Waals surface area contributed by atoms with E-state index < -0.39 is 21.7 Å². The molecule has 10 heteroatoms. The monoisotopic (exact) mass is 398 g/mol. The Balaban J connectivity index is 1.73. The third-order valence-electron chi connectivity index (χ3n) is 5.64. The summed E-state index contributed by atoms with van der Waals surface area (Å²) < 4.78 is 61.9. The van der Waals surface area contributed by atoms with E-state index >= 15 is 0 Å². The molecule has 146 valence electrons.